The summed E-state index contributed by atoms with van der Waals surface area (Å²) in [4.78, 5) is 31.5. The molecule has 2 amide bonds. The summed E-state index contributed by atoms with van der Waals surface area (Å²) >= 11 is 0. The van der Waals surface area contributed by atoms with Crippen molar-refractivity contribution in [2.45, 2.75) is 25.8 Å². The standard InChI is InChI=1S/C27H35N3O5/c1-28(19-22-8-4-5-9-23(22)29-12-6-3-7-13-29)27(32)21-10-11-24(25(18-21)33-2)35-20-26(31)30-14-16-34-17-15-30/h4-5,8-11,18H,3,6-7,12-17,19-20H2,1-2H3. The van der Waals surface area contributed by atoms with Crippen molar-refractivity contribution in [1.82, 2.24) is 9.80 Å². The Hall–Kier alpha value is -3.26. The highest BCUT2D eigenvalue weighted by Crippen LogP contribution is 2.30. The van der Waals surface area contributed by atoms with Gasteiger partial charge in [-0.3, -0.25) is 9.59 Å². The van der Waals surface area contributed by atoms with Crippen LogP contribution >= 0.6 is 0 Å². The van der Waals surface area contributed by atoms with Gasteiger partial charge in [0.1, 0.15) is 0 Å². The van der Waals surface area contributed by atoms with E-state index in [9.17, 15) is 9.59 Å². The van der Waals surface area contributed by atoms with Gasteiger partial charge < -0.3 is 28.9 Å². The van der Waals surface area contributed by atoms with Gasteiger partial charge in [-0.15, -0.1) is 0 Å². The summed E-state index contributed by atoms with van der Waals surface area (Å²) < 4.78 is 16.5. The first-order valence-corrected chi connectivity index (χ1v) is 12.3. The lowest BCUT2D eigenvalue weighted by Gasteiger charge is -2.31. The number of methoxy groups -OCH3 is 1. The number of benzene rings is 2. The first-order valence-electron chi connectivity index (χ1n) is 12.3. The second-order valence-electron chi connectivity index (χ2n) is 8.99. The zero-order chi connectivity index (χ0) is 24.6. The molecule has 2 aliphatic heterocycles. The van der Waals surface area contributed by atoms with Crippen LogP contribution in [-0.2, 0) is 16.1 Å². The van der Waals surface area contributed by atoms with Crippen molar-refractivity contribution in [2.24, 2.45) is 0 Å². The lowest BCUT2D eigenvalue weighted by atomic mass is 10.1. The third-order valence-corrected chi connectivity index (χ3v) is 6.57. The molecule has 8 heteroatoms. The van der Waals surface area contributed by atoms with E-state index in [1.54, 1.807) is 28.0 Å². The fourth-order valence-corrected chi connectivity index (χ4v) is 4.60. The predicted molar refractivity (Wildman–Crippen MR) is 134 cm³/mol. The molecule has 2 aromatic rings. The van der Waals surface area contributed by atoms with Gasteiger partial charge >= 0.3 is 0 Å². The molecule has 0 aromatic heterocycles. The zero-order valence-corrected chi connectivity index (χ0v) is 20.7. The van der Waals surface area contributed by atoms with Crippen LogP contribution in [0.3, 0.4) is 0 Å². The number of hydrogen-bond donors (Lipinski definition) is 0. The molecule has 0 atom stereocenters. The Morgan fingerprint density at radius 3 is 2.46 bits per heavy atom. The second-order valence-corrected chi connectivity index (χ2v) is 8.99. The summed E-state index contributed by atoms with van der Waals surface area (Å²) in [6.45, 7) is 4.77. The Labute approximate surface area is 207 Å². The zero-order valence-electron chi connectivity index (χ0n) is 20.7. The maximum absolute atomic E-state index is 13.2. The van der Waals surface area contributed by atoms with E-state index < -0.39 is 0 Å². The van der Waals surface area contributed by atoms with Crippen molar-refractivity contribution in [3.63, 3.8) is 0 Å². The molecular formula is C27H35N3O5. The van der Waals surface area contributed by atoms with Crippen LogP contribution in [0.15, 0.2) is 42.5 Å². The number of para-hydroxylation sites is 1. The van der Waals surface area contributed by atoms with Gasteiger partial charge in [0.2, 0.25) is 0 Å². The average molecular weight is 482 g/mol. The molecule has 188 valence electrons. The van der Waals surface area contributed by atoms with E-state index in [2.05, 4.69) is 23.1 Å². The van der Waals surface area contributed by atoms with Crippen LogP contribution in [0.2, 0.25) is 0 Å². The van der Waals surface area contributed by atoms with Gasteiger partial charge in [0.05, 0.1) is 20.3 Å². The van der Waals surface area contributed by atoms with Gasteiger partial charge in [0.15, 0.2) is 18.1 Å². The molecule has 0 unspecified atom stereocenters. The number of ether oxygens (including phenoxy) is 3. The molecule has 2 aliphatic rings. The molecule has 0 aliphatic carbocycles. The third kappa shape index (κ3) is 6.25. The highest BCUT2D eigenvalue weighted by Gasteiger charge is 2.21. The lowest BCUT2D eigenvalue weighted by Crippen LogP contribution is -2.43. The van der Waals surface area contributed by atoms with E-state index >= 15 is 0 Å². The van der Waals surface area contributed by atoms with Crippen molar-refractivity contribution in [2.75, 3.05) is 65.1 Å². The topological polar surface area (TPSA) is 71.6 Å². The molecule has 0 radical (unpaired) electrons. The van der Waals surface area contributed by atoms with Gasteiger partial charge in [-0.05, 0) is 49.1 Å². The van der Waals surface area contributed by atoms with Crippen molar-refractivity contribution in [1.29, 1.82) is 0 Å². The maximum atomic E-state index is 13.2. The van der Waals surface area contributed by atoms with Gasteiger partial charge in [-0.1, -0.05) is 18.2 Å². The van der Waals surface area contributed by atoms with Crippen LogP contribution in [-0.4, -0.2) is 81.8 Å². The molecule has 35 heavy (non-hydrogen) atoms. The Balaban J connectivity index is 1.40. The normalized spacial score (nSPS) is 16.1. The number of nitrogens with zero attached hydrogens (tertiary/aromatic N) is 3. The summed E-state index contributed by atoms with van der Waals surface area (Å²) in [6.07, 6.45) is 3.69. The molecule has 4 rings (SSSR count). The van der Waals surface area contributed by atoms with E-state index in [4.69, 9.17) is 14.2 Å². The SMILES string of the molecule is COc1cc(C(=O)N(C)Cc2ccccc2N2CCCCC2)ccc1OCC(=O)N1CCOCC1. The smallest absolute Gasteiger partial charge is 0.260 e. The van der Waals surface area contributed by atoms with E-state index in [1.807, 2.05) is 13.1 Å². The molecule has 2 fully saturated rings. The first-order chi connectivity index (χ1) is 17.1. The fourth-order valence-electron chi connectivity index (χ4n) is 4.60. The monoisotopic (exact) mass is 481 g/mol. The van der Waals surface area contributed by atoms with E-state index in [-0.39, 0.29) is 18.4 Å². The molecule has 2 aromatic carbocycles. The molecule has 0 N–H and O–H groups in total. The van der Waals surface area contributed by atoms with Crippen LogP contribution in [0.5, 0.6) is 11.5 Å². The number of carbonyl (C=O) groups is 2. The molecule has 0 saturated carbocycles. The number of morpholine rings is 1. The number of amides is 2. The molecular weight excluding hydrogens is 446 g/mol. The van der Waals surface area contributed by atoms with Crippen molar-refractivity contribution < 1.29 is 23.8 Å². The minimum atomic E-state index is -0.104. The summed E-state index contributed by atoms with van der Waals surface area (Å²) in [5, 5.41) is 0. The summed E-state index contributed by atoms with van der Waals surface area (Å²) in [5.41, 5.74) is 2.85. The van der Waals surface area contributed by atoms with Gasteiger partial charge in [-0.2, -0.15) is 0 Å². The number of carbonyl (C=O) groups excluding carboxylic acids is 2. The van der Waals surface area contributed by atoms with Crippen LogP contribution in [0.4, 0.5) is 5.69 Å². The second kappa shape index (κ2) is 11.9. The molecule has 2 saturated heterocycles. The minimum absolute atomic E-state index is 0.0865. The summed E-state index contributed by atoms with van der Waals surface area (Å²) in [6, 6.07) is 13.4. The number of piperidine rings is 1. The quantitative estimate of drug-likeness (QED) is 0.577. The Morgan fingerprint density at radius 2 is 1.71 bits per heavy atom. The average Bonchev–Trinajstić information content (AvgIpc) is 2.92. The van der Waals surface area contributed by atoms with E-state index in [0.717, 1.165) is 18.7 Å². The Morgan fingerprint density at radius 1 is 0.971 bits per heavy atom. The van der Waals surface area contributed by atoms with Crippen molar-refractivity contribution in [3.8, 4) is 11.5 Å². The van der Waals surface area contributed by atoms with Gasteiger partial charge in [-0.25, -0.2) is 0 Å². The van der Waals surface area contributed by atoms with E-state index in [1.165, 1.54) is 32.1 Å². The van der Waals surface area contributed by atoms with Gasteiger partial charge in [0, 0.05) is 51.0 Å². The summed E-state index contributed by atoms with van der Waals surface area (Å²) in [5.74, 6) is 0.659. The Kier molecular flexibility index (Phi) is 8.47. The number of rotatable bonds is 8. The van der Waals surface area contributed by atoms with Crippen molar-refractivity contribution in [3.05, 3.63) is 53.6 Å². The third-order valence-electron chi connectivity index (χ3n) is 6.57. The number of anilines is 1. The molecule has 8 nitrogen and oxygen atoms in total. The van der Waals surface area contributed by atoms with Crippen LogP contribution in [0.1, 0.15) is 35.2 Å². The van der Waals surface area contributed by atoms with Crippen LogP contribution < -0.4 is 14.4 Å². The van der Waals surface area contributed by atoms with Crippen LogP contribution in [0, 0.1) is 0 Å². The molecule has 2 heterocycles. The molecule has 0 bridgehead atoms. The maximum Gasteiger partial charge on any atom is 0.260 e. The fraction of sp³-hybridized carbons (Fsp3) is 0.481. The molecule has 0 spiro atoms. The predicted octanol–water partition coefficient (Wildman–Crippen LogP) is 3.20. The van der Waals surface area contributed by atoms with Gasteiger partial charge in [0.25, 0.3) is 11.8 Å². The highest BCUT2D eigenvalue weighted by atomic mass is 16.5. The lowest BCUT2D eigenvalue weighted by molar-refractivity contribution is -0.137. The first kappa shape index (κ1) is 24.9. The van der Waals surface area contributed by atoms with Crippen LogP contribution in [0.25, 0.3) is 0 Å². The van der Waals surface area contributed by atoms with E-state index in [0.29, 0.717) is 49.9 Å². The van der Waals surface area contributed by atoms with Crippen molar-refractivity contribution >= 4 is 17.5 Å². The largest absolute Gasteiger partial charge is 0.493 e. The Bertz CT molecular complexity index is 1020. The summed E-state index contributed by atoms with van der Waals surface area (Å²) in [7, 11) is 3.34. The minimum Gasteiger partial charge on any atom is -0.493 e. The highest BCUT2D eigenvalue weighted by molar-refractivity contribution is 5.94. The number of hydrogen-bond acceptors (Lipinski definition) is 6.